The normalized spacial score (nSPS) is 14.0. The Kier molecular flexibility index (Phi) is 6.42. The van der Waals surface area contributed by atoms with Crippen LogP contribution < -0.4 is 20.1 Å². The number of carbonyl (C=O) groups excluding carboxylic acids is 1. The molecule has 3 rings (SSSR count). The first-order valence-electron chi connectivity index (χ1n) is 8.90. The fraction of sp³-hybridized carbons (Fsp3) is 0.350. The van der Waals surface area contributed by atoms with Gasteiger partial charge in [0.1, 0.15) is 11.5 Å². The van der Waals surface area contributed by atoms with Crippen LogP contribution in [0.2, 0.25) is 5.02 Å². The lowest BCUT2D eigenvalue weighted by atomic mass is 10.2. The number of urea groups is 1. The van der Waals surface area contributed by atoms with Crippen LogP contribution in [0.25, 0.3) is 0 Å². The molecule has 0 aromatic heterocycles. The summed E-state index contributed by atoms with van der Waals surface area (Å²) in [6, 6.07) is 10.7. The van der Waals surface area contributed by atoms with Crippen molar-refractivity contribution in [2.75, 3.05) is 37.9 Å². The Morgan fingerprint density at radius 1 is 1.04 bits per heavy atom. The number of benzene rings is 2. The number of ether oxygens (including phenoxy) is 2. The summed E-state index contributed by atoms with van der Waals surface area (Å²) >= 11 is 6.13. The van der Waals surface area contributed by atoms with Gasteiger partial charge in [0.05, 0.1) is 24.9 Å². The topological polar surface area (TPSA) is 62.8 Å². The Labute approximate surface area is 164 Å². The van der Waals surface area contributed by atoms with Gasteiger partial charge in [0.25, 0.3) is 0 Å². The van der Waals surface area contributed by atoms with E-state index in [0.29, 0.717) is 22.2 Å². The molecule has 27 heavy (non-hydrogen) atoms. The molecule has 2 aromatic carbocycles. The molecule has 2 amide bonds. The Balaban J connectivity index is 1.61. The molecule has 1 fully saturated rings. The minimum Gasteiger partial charge on any atom is -0.495 e. The van der Waals surface area contributed by atoms with E-state index in [4.69, 9.17) is 21.1 Å². The highest BCUT2D eigenvalue weighted by Crippen LogP contribution is 2.35. The summed E-state index contributed by atoms with van der Waals surface area (Å²) < 4.78 is 10.4. The Hall–Kier alpha value is -2.44. The van der Waals surface area contributed by atoms with E-state index in [1.165, 1.54) is 32.6 Å². The molecule has 0 saturated carbocycles. The number of rotatable bonds is 6. The average molecular weight is 390 g/mol. The van der Waals surface area contributed by atoms with Gasteiger partial charge < -0.3 is 20.1 Å². The highest BCUT2D eigenvalue weighted by molar-refractivity contribution is 6.32. The van der Waals surface area contributed by atoms with Crippen LogP contribution in [0.5, 0.6) is 11.5 Å². The molecular formula is C20H24ClN3O3. The van der Waals surface area contributed by atoms with Gasteiger partial charge in [0.15, 0.2) is 0 Å². The van der Waals surface area contributed by atoms with Crippen LogP contribution in [0.1, 0.15) is 18.4 Å². The summed E-state index contributed by atoms with van der Waals surface area (Å²) in [7, 11) is 3.04. The van der Waals surface area contributed by atoms with Crippen molar-refractivity contribution in [3.8, 4) is 11.5 Å². The third-order valence-corrected chi connectivity index (χ3v) is 4.83. The molecule has 2 N–H and O–H groups in total. The van der Waals surface area contributed by atoms with Crippen molar-refractivity contribution in [1.29, 1.82) is 0 Å². The lowest BCUT2D eigenvalue weighted by Crippen LogP contribution is -2.20. The van der Waals surface area contributed by atoms with Crippen LogP contribution in [0.4, 0.5) is 16.2 Å². The lowest BCUT2D eigenvalue weighted by molar-refractivity contribution is 0.262. The van der Waals surface area contributed by atoms with Crippen molar-refractivity contribution in [1.82, 2.24) is 4.90 Å². The molecule has 0 atom stereocenters. The molecule has 7 heteroatoms. The Morgan fingerprint density at radius 2 is 1.70 bits per heavy atom. The van der Waals surface area contributed by atoms with Gasteiger partial charge in [0.2, 0.25) is 0 Å². The van der Waals surface area contributed by atoms with E-state index in [1.54, 1.807) is 12.1 Å². The van der Waals surface area contributed by atoms with Gasteiger partial charge in [-0.05, 0) is 49.7 Å². The molecular weight excluding hydrogens is 366 g/mol. The third-order valence-electron chi connectivity index (χ3n) is 4.54. The fourth-order valence-electron chi connectivity index (χ4n) is 3.13. The molecule has 6 nitrogen and oxygen atoms in total. The summed E-state index contributed by atoms with van der Waals surface area (Å²) in [6.45, 7) is 3.28. The molecule has 0 bridgehead atoms. The van der Waals surface area contributed by atoms with Crippen molar-refractivity contribution in [2.45, 2.75) is 19.4 Å². The van der Waals surface area contributed by atoms with Crippen molar-refractivity contribution in [3.63, 3.8) is 0 Å². The molecule has 0 radical (unpaired) electrons. The number of nitrogens with zero attached hydrogens (tertiary/aromatic N) is 1. The van der Waals surface area contributed by atoms with Gasteiger partial charge in [-0.25, -0.2) is 4.79 Å². The largest absolute Gasteiger partial charge is 0.495 e. The van der Waals surface area contributed by atoms with E-state index in [1.807, 2.05) is 24.3 Å². The molecule has 1 aliphatic heterocycles. The molecule has 0 unspecified atom stereocenters. The second-order valence-corrected chi connectivity index (χ2v) is 6.85. The zero-order valence-electron chi connectivity index (χ0n) is 15.5. The van der Waals surface area contributed by atoms with Gasteiger partial charge in [-0.2, -0.15) is 0 Å². The number of methoxy groups -OCH3 is 2. The van der Waals surface area contributed by atoms with Crippen molar-refractivity contribution in [3.05, 3.63) is 47.0 Å². The maximum absolute atomic E-state index is 12.3. The fourth-order valence-corrected chi connectivity index (χ4v) is 3.38. The number of nitrogens with one attached hydrogen (secondary N) is 2. The van der Waals surface area contributed by atoms with Crippen molar-refractivity contribution >= 4 is 29.0 Å². The first kappa shape index (κ1) is 19.3. The van der Waals surface area contributed by atoms with Crippen LogP contribution in [0.15, 0.2) is 36.4 Å². The molecule has 1 heterocycles. The predicted octanol–water partition coefficient (Wildman–Crippen LogP) is 4.60. The second-order valence-electron chi connectivity index (χ2n) is 6.45. The number of carbonyl (C=O) groups is 1. The molecule has 0 spiro atoms. The van der Waals surface area contributed by atoms with E-state index >= 15 is 0 Å². The smallest absolute Gasteiger partial charge is 0.323 e. The Bertz CT molecular complexity index is 790. The number of likely N-dealkylation sites (tertiary alicyclic amines) is 1. The van der Waals surface area contributed by atoms with Crippen LogP contribution in [-0.2, 0) is 6.54 Å². The van der Waals surface area contributed by atoms with Crippen LogP contribution in [-0.4, -0.2) is 38.2 Å². The first-order valence-corrected chi connectivity index (χ1v) is 9.27. The summed E-state index contributed by atoms with van der Waals surface area (Å²) in [5.41, 5.74) is 2.43. The molecule has 1 saturated heterocycles. The van der Waals surface area contributed by atoms with Crippen LogP contribution in [0.3, 0.4) is 0 Å². The molecule has 144 valence electrons. The summed E-state index contributed by atoms with van der Waals surface area (Å²) in [5.74, 6) is 0.945. The maximum atomic E-state index is 12.3. The standard InChI is InChI=1S/C20H24ClN3O3/c1-26-18-12-19(27-2)17(11-16(18)21)23-20(25)22-15-7-5-14(6-8-15)13-24-9-3-4-10-24/h5-8,11-12H,3-4,9-10,13H2,1-2H3,(H2,22,23,25). The number of hydrogen-bond donors (Lipinski definition) is 2. The molecule has 1 aliphatic rings. The highest BCUT2D eigenvalue weighted by Gasteiger charge is 2.14. The maximum Gasteiger partial charge on any atom is 0.323 e. The number of hydrogen-bond acceptors (Lipinski definition) is 4. The van der Waals surface area contributed by atoms with Crippen LogP contribution in [0, 0.1) is 0 Å². The van der Waals surface area contributed by atoms with E-state index in [0.717, 1.165) is 25.3 Å². The second kappa shape index (κ2) is 8.97. The first-order chi connectivity index (χ1) is 13.1. The molecule has 2 aromatic rings. The number of amides is 2. The molecule has 0 aliphatic carbocycles. The van der Waals surface area contributed by atoms with Gasteiger partial charge >= 0.3 is 6.03 Å². The number of anilines is 2. The van der Waals surface area contributed by atoms with Gasteiger partial charge in [-0.3, -0.25) is 4.90 Å². The van der Waals surface area contributed by atoms with Crippen molar-refractivity contribution < 1.29 is 14.3 Å². The Morgan fingerprint density at radius 3 is 2.33 bits per heavy atom. The summed E-state index contributed by atoms with van der Waals surface area (Å²) in [4.78, 5) is 14.8. The quantitative estimate of drug-likeness (QED) is 0.758. The predicted molar refractivity (Wildman–Crippen MR) is 108 cm³/mol. The van der Waals surface area contributed by atoms with E-state index in [2.05, 4.69) is 15.5 Å². The monoisotopic (exact) mass is 389 g/mol. The number of halogens is 1. The third kappa shape index (κ3) is 5.05. The minimum atomic E-state index is -0.373. The highest BCUT2D eigenvalue weighted by atomic mass is 35.5. The van der Waals surface area contributed by atoms with Crippen LogP contribution >= 0.6 is 11.6 Å². The van der Waals surface area contributed by atoms with E-state index in [9.17, 15) is 4.79 Å². The zero-order valence-corrected chi connectivity index (χ0v) is 16.3. The van der Waals surface area contributed by atoms with E-state index in [-0.39, 0.29) is 6.03 Å². The summed E-state index contributed by atoms with van der Waals surface area (Å²) in [6.07, 6.45) is 2.55. The minimum absolute atomic E-state index is 0.373. The van der Waals surface area contributed by atoms with Gasteiger partial charge in [-0.15, -0.1) is 0 Å². The zero-order chi connectivity index (χ0) is 19.2. The SMILES string of the molecule is COc1cc(OC)c(NC(=O)Nc2ccc(CN3CCCC3)cc2)cc1Cl. The van der Waals surface area contributed by atoms with Crippen molar-refractivity contribution in [2.24, 2.45) is 0 Å². The lowest BCUT2D eigenvalue weighted by Gasteiger charge is -2.15. The van der Waals surface area contributed by atoms with Gasteiger partial charge in [0, 0.05) is 18.3 Å². The van der Waals surface area contributed by atoms with Gasteiger partial charge in [-0.1, -0.05) is 23.7 Å². The average Bonchev–Trinajstić information content (AvgIpc) is 3.16. The van der Waals surface area contributed by atoms with E-state index < -0.39 is 0 Å². The summed E-state index contributed by atoms with van der Waals surface area (Å²) in [5, 5.41) is 5.96.